The molecule has 1 amide bonds. The maximum Gasteiger partial charge on any atom is 0.263 e. The molecule has 1 aromatic carbocycles. The van der Waals surface area contributed by atoms with Crippen molar-refractivity contribution in [3.8, 4) is 5.88 Å². The lowest BCUT2D eigenvalue weighted by atomic mass is 10.1. The summed E-state index contributed by atoms with van der Waals surface area (Å²) in [4.78, 5) is 40.2. The molecule has 2 aromatic heterocycles. The zero-order valence-electron chi connectivity index (χ0n) is 22.9. The molecule has 11 nitrogen and oxygen atoms in total. The number of likely N-dealkylation sites (N-methyl/N-ethyl adjacent to an activating group) is 1. The summed E-state index contributed by atoms with van der Waals surface area (Å²) in [5.74, 6) is 0.0502. The number of piperazine rings is 1. The number of ether oxygens (including phenoxy) is 1. The molecular weight excluding hydrogens is 496 g/mol. The molecule has 0 saturated carbocycles. The van der Waals surface area contributed by atoms with Gasteiger partial charge < -0.3 is 40.4 Å². The number of pyridine rings is 2. The highest BCUT2D eigenvalue weighted by Crippen LogP contribution is 2.34. The summed E-state index contributed by atoms with van der Waals surface area (Å²) in [5.41, 5.74) is 5.20. The molecule has 0 radical (unpaired) electrons. The third-order valence-electron chi connectivity index (χ3n) is 7.07. The second kappa shape index (κ2) is 11.3. The fourth-order valence-corrected chi connectivity index (χ4v) is 4.98. The van der Waals surface area contributed by atoms with Crippen molar-refractivity contribution in [2.45, 2.75) is 13.5 Å². The van der Waals surface area contributed by atoms with E-state index in [0.717, 1.165) is 49.5 Å². The molecule has 39 heavy (non-hydrogen) atoms. The predicted molar refractivity (Wildman–Crippen MR) is 155 cm³/mol. The van der Waals surface area contributed by atoms with Gasteiger partial charge in [0.1, 0.15) is 17.9 Å². The molecule has 1 fully saturated rings. The normalized spacial score (nSPS) is 15.4. The Hall–Kier alpha value is -4.09. The molecule has 2 aliphatic rings. The minimum absolute atomic E-state index is 0.00358. The third-order valence-corrected chi connectivity index (χ3v) is 7.07. The zero-order chi connectivity index (χ0) is 27.5. The monoisotopic (exact) mass is 532 g/mol. The van der Waals surface area contributed by atoms with Gasteiger partial charge in [-0.05, 0) is 57.9 Å². The van der Waals surface area contributed by atoms with Crippen LogP contribution < -0.4 is 31.1 Å². The van der Waals surface area contributed by atoms with Crippen LogP contribution >= 0.6 is 0 Å². The number of nitrogens with zero attached hydrogens (tertiary/aromatic N) is 4. The van der Waals surface area contributed by atoms with Gasteiger partial charge in [0.15, 0.2) is 0 Å². The lowest BCUT2D eigenvalue weighted by molar-refractivity contribution is 0.102. The van der Waals surface area contributed by atoms with Crippen molar-refractivity contribution in [3.63, 3.8) is 0 Å². The highest BCUT2D eigenvalue weighted by Gasteiger charge is 2.22. The lowest BCUT2D eigenvalue weighted by Crippen LogP contribution is -2.45. The molecule has 0 unspecified atom stereocenters. The molecule has 5 rings (SSSR count). The molecule has 1 saturated heterocycles. The number of aromatic amines is 1. The van der Waals surface area contributed by atoms with Gasteiger partial charge in [-0.1, -0.05) is 0 Å². The molecule has 0 spiro atoms. The highest BCUT2D eigenvalue weighted by atomic mass is 16.5. The molecule has 11 heteroatoms. The molecule has 206 valence electrons. The SMILES string of the molecule is Cc1c(Nc2cc[nH]c(=O)c2C(=O)Nc2ccc(N3CCN(C)CC3)c(CN(C)C)c2)cnc2c1NCCO2. The van der Waals surface area contributed by atoms with Crippen LogP contribution in [0, 0.1) is 6.92 Å². The van der Waals surface area contributed by atoms with Crippen molar-refractivity contribution in [1.82, 2.24) is 19.8 Å². The van der Waals surface area contributed by atoms with E-state index in [4.69, 9.17) is 4.74 Å². The summed E-state index contributed by atoms with van der Waals surface area (Å²) in [7, 11) is 6.19. The van der Waals surface area contributed by atoms with Gasteiger partial charge in [0.2, 0.25) is 5.88 Å². The number of hydrogen-bond acceptors (Lipinski definition) is 9. The van der Waals surface area contributed by atoms with E-state index in [2.05, 4.69) is 53.7 Å². The standard InChI is InChI=1S/C28H36N8O3/c1-18-22(16-31-28-25(18)29-9-14-39-28)33-21-7-8-30-26(37)24(21)27(38)32-20-5-6-23(19(15-20)17-34(2)3)36-12-10-35(4)11-13-36/h5-8,15-16,29H,9-14,17H2,1-4H3,(H,32,38)(H2,30,33,37). The molecular formula is C28H36N8O3. The van der Waals surface area contributed by atoms with Crippen LogP contribution in [-0.4, -0.2) is 86.1 Å². The summed E-state index contributed by atoms with van der Waals surface area (Å²) in [6.45, 7) is 7.82. The number of amides is 1. The molecule has 0 aliphatic carbocycles. The van der Waals surface area contributed by atoms with Crippen LogP contribution in [-0.2, 0) is 6.54 Å². The number of aromatic nitrogens is 2. The molecule has 0 atom stereocenters. The smallest absolute Gasteiger partial charge is 0.263 e. The van der Waals surface area contributed by atoms with Gasteiger partial charge in [-0.15, -0.1) is 0 Å². The summed E-state index contributed by atoms with van der Waals surface area (Å²) in [5, 5.41) is 9.49. The van der Waals surface area contributed by atoms with Crippen LogP contribution in [0.1, 0.15) is 21.5 Å². The number of anilines is 5. The van der Waals surface area contributed by atoms with Gasteiger partial charge in [0, 0.05) is 62.4 Å². The number of carbonyl (C=O) groups excluding carboxylic acids is 1. The van der Waals surface area contributed by atoms with Crippen molar-refractivity contribution >= 4 is 34.3 Å². The highest BCUT2D eigenvalue weighted by molar-refractivity contribution is 6.08. The van der Waals surface area contributed by atoms with E-state index in [0.29, 0.717) is 36.1 Å². The second-order valence-corrected chi connectivity index (χ2v) is 10.3. The van der Waals surface area contributed by atoms with Gasteiger partial charge in [0.05, 0.1) is 17.6 Å². The van der Waals surface area contributed by atoms with E-state index in [-0.39, 0.29) is 5.56 Å². The zero-order valence-corrected chi connectivity index (χ0v) is 22.9. The Bertz CT molecular complexity index is 1410. The van der Waals surface area contributed by atoms with Crippen molar-refractivity contribution in [2.75, 3.05) is 81.3 Å². The Balaban J connectivity index is 1.40. The van der Waals surface area contributed by atoms with Crippen molar-refractivity contribution in [3.05, 3.63) is 63.7 Å². The number of H-pyrrole nitrogens is 1. The molecule has 2 aliphatic heterocycles. The van der Waals surface area contributed by atoms with Gasteiger partial charge in [0.25, 0.3) is 11.5 Å². The van der Waals surface area contributed by atoms with E-state index >= 15 is 0 Å². The van der Waals surface area contributed by atoms with Crippen molar-refractivity contribution < 1.29 is 9.53 Å². The molecule has 4 N–H and O–H groups in total. The van der Waals surface area contributed by atoms with Crippen LogP contribution in [0.2, 0.25) is 0 Å². The first kappa shape index (κ1) is 26.5. The molecule has 0 bridgehead atoms. The topological polar surface area (TPSA) is 118 Å². The van der Waals surface area contributed by atoms with E-state index in [1.165, 1.54) is 11.9 Å². The number of benzene rings is 1. The molecule has 3 aromatic rings. The van der Waals surface area contributed by atoms with Gasteiger partial charge in [-0.25, -0.2) is 4.98 Å². The summed E-state index contributed by atoms with van der Waals surface area (Å²) in [6, 6.07) is 7.63. The average Bonchev–Trinajstić information content (AvgIpc) is 2.91. The summed E-state index contributed by atoms with van der Waals surface area (Å²) in [6.07, 6.45) is 3.17. The number of fused-ring (bicyclic) bond motifs is 1. The number of carbonyl (C=O) groups is 1. The Labute approximate surface area is 228 Å². The maximum absolute atomic E-state index is 13.5. The average molecular weight is 533 g/mol. The van der Waals surface area contributed by atoms with Crippen LogP contribution in [0.25, 0.3) is 0 Å². The Morgan fingerprint density at radius 2 is 1.95 bits per heavy atom. The summed E-state index contributed by atoms with van der Waals surface area (Å²) < 4.78 is 5.61. The largest absolute Gasteiger partial charge is 0.474 e. The second-order valence-electron chi connectivity index (χ2n) is 10.3. The molecule has 4 heterocycles. The maximum atomic E-state index is 13.5. The van der Waals surface area contributed by atoms with Crippen LogP contribution in [0.4, 0.5) is 28.4 Å². The Kier molecular flexibility index (Phi) is 7.71. The van der Waals surface area contributed by atoms with Gasteiger partial charge >= 0.3 is 0 Å². The van der Waals surface area contributed by atoms with E-state index < -0.39 is 11.5 Å². The Morgan fingerprint density at radius 1 is 1.15 bits per heavy atom. The third kappa shape index (κ3) is 5.84. The Morgan fingerprint density at radius 3 is 2.72 bits per heavy atom. The predicted octanol–water partition coefficient (Wildman–Crippen LogP) is 2.69. The van der Waals surface area contributed by atoms with Gasteiger partial charge in [-0.2, -0.15) is 0 Å². The quantitative estimate of drug-likeness (QED) is 0.364. The number of nitrogens with one attached hydrogen (secondary N) is 4. The van der Waals surface area contributed by atoms with Crippen LogP contribution in [0.5, 0.6) is 5.88 Å². The lowest BCUT2D eigenvalue weighted by Gasteiger charge is -2.35. The van der Waals surface area contributed by atoms with E-state index in [1.54, 1.807) is 12.3 Å². The first-order valence-corrected chi connectivity index (χ1v) is 13.2. The van der Waals surface area contributed by atoms with E-state index in [9.17, 15) is 9.59 Å². The number of hydrogen-bond donors (Lipinski definition) is 4. The van der Waals surface area contributed by atoms with Crippen molar-refractivity contribution in [2.24, 2.45) is 0 Å². The van der Waals surface area contributed by atoms with E-state index in [1.807, 2.05) is 33.2 Å². The fourth-order valence-electron chi connectivity index (χ4n) is 4.98. The van der Waals surface area contributed by atoms with Crippen molar-refractivity contribution in [1.29, 1.82) is 0 Å². The summed E-state index contributed by atoms with van der Waals surface area (Å²) >= 11 is 0. The number of rotatable bonds is 7. The van der Waals surface area contributed by atoms with Gasteiger partial charge in [-0.3, -0.25) is 9.59 Å². The van der Waals surface area contributed by atoms with Crippen LogP contribution in [0.15, 0.2) is 41.5 Å². The van der Waals surface area contributed by atoms with Crippen LogP contribution in [0.3, 0.4) is 0 Å². The minimum atomic E-state index is -0.493. The first-order chi connectivity index (χ1) is 18.8. The first-order valence-electron chi connectivity index (χ1n) is 13.2. The minimum Gasteiger partial charge on any atom is -0.474 e. The fraction of sp³-hybridized carbons (Fsp3) is 0.393.